The Labute approximate surface area is 122 Å². The molecule has 1 amide bonds. The summed E-state index contributed by atoms with van der Waals surface area (Å²) in [6, 6.07) is 6.50. The van der Waals surface area contributed by atoms with Gasteiger partial charge < -0.3 is 10.8 Å². The molecular weight excluding hydrogens is 280 g/mol. The van der Waals surface area contributed by atoms with Crippen molar-refractivity contribution < 1.29 is 14.7 Å². The zero-order valence-corrected chi connectivity index (χ0v) is 11.8. The van der Waals surface area contributed by atoms with Gasteiger partial charge in [0.1, 0.15) is 6.54 Å². The van der Waals surface area contributed by atoms with Crippen molar-refractivity contribution in [2.24, 2.45) is 5.73 Å². The monoisotopic (exact) mass is 296 g/mol. The molecule has 1 aromatic carbocycles. The number of hydrogen-bond acceptors (Lipinski definition) is 3. The molecule has 2 rings (SSSR count). The van der Waals surface area contributed by atoms with Gasteiger partial charge in [-0.1, -0.05) is 24.4 Å². The van der Waals surface area contributed by atoms with Crippen molar-refractivity contribution in [3.63, 3.8) is 0 Å². The molecule has 1 aliphatic carbocycles. The van der Waals surface area contributed by atoms with Gasteiger partial charge in [0.05, 0.1) is 5.54 Å². The van der Waals surface area contributed by atoms with Gasteiger partial charge in [-0.15, -0.1) is 0 Å². The molecule has 0 spiro atoms. The van der Waals surface area contributed by atoms with Gasteiger partial charge in [-0.25, -0.2) is 0 Å². The normalized spacial score (nSPS) is 16.9. The summed E-state index contributed by atoms with van der Waals surface area (Å²) in [5.41, 5.74) is 5.69. The number of hydrogen-bond donors (Lipinski definition) is 2. The number of carboxylic acid groups (broad SMARTS) is 1. The highest BCUT2D eigenvalue weighted by Crippen LogP contribution is 2.31. The Morgan fingerprint density at radius 1 is 1.25 bits per heavy atom. The summed E-state index contributed by atoms with van der Waals surface area (Å²) in [7, 11) is 0. The summed E-state index contributed by atoms with van der Waals surface area (Å²) in [6.07, 6.45) is 2.97. The van der Waals surface area contributed by atoms with Crippen LogP contribution in [0.15, 0.2) is 24.3 Å². The highest BCUT2D eigenvalue weighted by Gasteiger charge is 2.40. The largest absolute Gasteiger partial charge is 0.480 e. The molecule has 0 aliphatic heterocycles. The van der Waals surface area contributed by atoms with E-state index in [4.69, 9.17) is 22.4 Å². The minimum Gasteiger partial charge on any atom is -0.480 e. The Balaban J connectivity index is 2.29. The fraction of sp³-hybridized carbons (Fsp3) is 0.429. The second-order valence-electron chi connectivity index (χ2n) is 5.12. The van der Waals surface area contributed by atoms with Crippen LogP contribution in [0.2, 0.25) is 5.02 Å². The van der Waals surface area contributed by atoms with Gasteiger partial charge >= 0.3 is 5.97 Å². The number of amides is 1. The van der Waals surface area contributed by atoms with Crippen LogP contribution in [-0.4, -0.2) is 29.1 Å². The molecule has 1 fully saturated rings. The van der Waals surface area contributed by atoms with E-state index in [2.05, 4.69) is 0 Å². The van der Waals surface area contributed by atoms with Crippen LogP contribution in [0.1, 0.15) is 25.7 Å². The zero-order valence-electron chi connectivity index (χ0n) is 11.0. The number of rotatable bonds is 4. The minimum atomic E-state index is -1.07. The van der Waals surface area contributed by atoms with Crippen LogP contribution >= 0.6 is 11.6 Å². The number of aliphatic carboxylic acids is 1. The Morgan fingerprint density at radius 2 is 1.80 bits per heavy atom. The summed E-state index contributed by atoms with van der Waals surface area (Å²) < 4.78 is 0. The number of nitrogens with zero attached hydrogens (tertiary/aromatic N) is 1. The van der Waals surface area contributed by atoms with Gasteiger partial charge in [0.25, 0.3) is 0 Å². The van der Waals surface area contributed by atoms with Crippen LogP contribution in [-0.2, 0) is 9.59 Å². The fourth-order valence-corrected chi connectivity index (χ4v) is 2.65. The Hall–Kier alpha value is -1.59. The Kier molecular flexibility index (Phi) is 4.30. The maximum absolute atomic E-state index is 12.6. The van der Waals surface area contributed by atoms with E-state index in [1.54, 1.807) is 24.3 Å². The highest BCUT2D eigenvalue weighted by atomic mass is 35.5. The lowest BCUT2D eigenvalue weighted by Crippen LogP contribution is -2.55. The van der Waals surface area contributed by atoms with Crippen LogP contribution in [0, 0.1) is 0 Å². The summed E-state index contributed by atoms with van der Waals surface area (Å²) in [5.74, 6) is -1.41. The second kappa shape index (κ2) is 5.81. The third kappa shape index (κ3) is 3.11. The maximum Gasteiger partial charge on any atom is 0.323 e. The van der Waals surface area contributed by atoms with Crippen molar-refractivity contribution in [2.75, 3.05) is 11.4 Å². The first-order chi connectivity index (χ1) is 9.42. The quantitative estimate of drug-likeness (QED) is 0.890. The van der Waals surface area contributed by atoms with Gasteiger partial charge in [0.2, 0.25) is 5.91 Å². The minimum absolute atomic E-state index is 0.334. The lowest BCUT2D eigenvalue weighted by molar-refractivity contribution is -0.137. The summed E-state index contributed by atoms with van der Waals surface area (Å²) in [6.45, 7) is -0.403. The predicted octanol–water partition coefficient (Wildman–Crippen LogP) is 2.03. The SMILES string of the molecule is NC1(C(=O)N(CC(=O)O)c2ccc(Cl)cc2)CCCC1. The first kappa shape index (κ1) is 14.8. The standard InChI is InChI=1S/C14H17ClN2O3/c15-10-3-5-11(6-4-10)17(9-12(18)19)13(20)14(16)7-1-2-8-14/h3-6H,1-2,7-9,16H2,(H,18,19). The van der Waals surface area contributed by atoms with Crippen LogP contribution in [0.5, 0.6) is 0 Å². The van der Waals surface area contributed by atoms with E-state index >= 15 is 0 Å². The topological polar surface area (TPSA) is 83.6 Å². The Morgan fingerprint density at radius 3 is 2.30 bits per heavy atom. The molecule has 0 aromatic heterocycles. The average molecular weight is 297 g/mol. The molecule has 108 valence electrons. The van der Waals surface area contributed by atoms with Crippen LogP contribution in [0.3, 0.4) is 0 Å². The lowest BCUT2D eigenvalue weighted by atomic mass is 9.96. The van der Waals surface area contributed by atoms with Crippen LogP contribution in [0.4, 0.5) is 5.69 Å². The number of halogens is 1. The van der Waals surface area contributed by atoms with E-state index in [1.165, 1.54) is 4.90 Å². The molecule has 1 aromatic rings. The number of carbonyl (C=O) groups excluding carboxylic acids is 1. The first-order valence-electron chi connectivity index (χ1n) is 6.50. The molecule has 3 N–H and O–H groups in total. The van der Waals surface area contributed by atoms with Gasteiger partial charge in [0, 0.05) is 10.7 Å². The van der Waals surface area contributed by atoms with E-state index in [0.29, 0.717) is 23.6 Å². The lowest BCUT2D eigenvalue weighted by Gasteiger charge is -2.30. The van der Waals surface area contributed by atoms with Crippen molar-refractivity contribution in [3.8, 4) is 0 Å². The first-order valence-corrected chi connectivity index (χ1v) is 6.88. The summed E-state index contributed by atoms with van der Waals surface area (Å²) in [5, 5.41) is 9.54. The molecule has 0 saturated heterocycles. The molecule has 1 saturated carbocycles. The van der Waals surface area contributed by atoms with Crippen molar-refractivity contribution in [2.45, 2.75) is 31.2 Å². The molecule has 0 bridgehead atoms. The number of nitrogens with two attached hydrogens (primary N) is 1. The third-order valence-corrected chi connectivity index (χ3v) is 3.85. The van der Waals surface area contributed by atoms with E-state index in [9.17, 15) is 9.59 Å². The molecule has 20 heavy (non-hydrogen) atoms. The van der Waals surface area contributed by atoms with Crippen molar-refractivity contribution in [3.05, 3.63) is 29.3 Å². The number of anilines is 1. The molecule has 0 heterocycles. The molecule has 1 aliphatic rings. The van der Waals surface area contributed by atoms with Crippen LogP contribution < -0.4 is 10.6 Å². The molecule has 0 atom stereocenters. The van der Waals surface area contributed by atoms with Crippen LogP contribution in [0.25, 0.3) is 0 Å². The fourth-order valence-electron chi connectivity index (χ4n) is 2.53. The van der Waals surface area contributed by atoms with Gasteiger partial charge in [-0.05, 0) is 37.1 Å². The third-order valence-electron chi connectivity index (χ3n) is 3.60. The van der Waals surface area contributed by atoms with E-state index in [0.717, 1.165) is 12.8 Å². The number of benzene rings is 1. The number of carbonyl (C=O) groups is 2. The summed E-state index contributed by atoms with van der Waals surface area (Å²) in [4.78, 5) is 24.8. The second-order valence-corrected chi connectivity index (χ2v) is 5.56. The van der Waals surface area contributed by atoms with Gasteiger partial charge in [-0.3, -0.25) is 14.5 Å². The van der Waals surface area contributed by atoms with Crippen molar-refractivity contribution >= 4 is 29.2 Å². The molecule has 5 nitrogen and oxygen atoms in total. The molecule has 6 heteroatoms. The number of carboxylic acids is 1. The van der Waals surface area contributed by atoms with E-state index in [1.807, 2.05) is 0 Å². The van der Waals surface area contributed by atoms with Crippen molar-refractivity contribution in [1.29, 1.82) is 0 Å². The average Bonchev–Trinajstić information content (AvgIpc) is 2.84. The van der Waals surface area contributed by atoms with E-state index < -0.39 is 18.1 Å². The van der Waals surface area contributed by atoms with Crippen molar-refractivity contribution in [1.82, 2.24) is 0 Å². The Bertz CT molecular complexity index is 510. The highest BCUT2D eigenvalue weighted by molar-refractivity contribution is 6.30. The molecular formula is C14H17ClN2O3. The van der Waals surface area contributed by atoms with E-state index in [-0.39, 0.29) is 5.91 Å². The molecule has 0 unspecified atom stereocenters. The predicted molar refractivity (Wildman–Crippen MR) is 76.8 cm³/mol. The molecule has 0 radical (unpaired) electrons. The zero-order chi connectivity index (χ0) is 14.8. The maximum atomic E-state index is 12.6. The van der Waals surface area contributed by atoms with Gasteiger partial charge in [-0.2, -0.15) is 0 Å². The van der Waals surface area contributed by atoms with Gasteiger partial charge in [0.15, 0.2) is 0 Å². The smallest absolute Gasteiger partial charge is 0.323 e. The summed E-state index contributed by atoms with van der Waals surface area (Å²) >= 11 is 5.81.